The summed E-state index contributed by atoms with van der Waals surface area (Å²) in [4.78, 5) is 4.58. The van der Waals surface area contributed by atoms with Gasteiger partial charge in [0.2, 0.25) is 0 Å². The lowest BCUT2D eigenvalue weighted by molar-refractivity contribution is 0.583. The van der Waals surface area contributed by atoms with E-state index in [9.17, 15) is 0 Å². The van der Waals surface area contributed by atoms with Gasteiger partial charge in [-0.1, -0.05) is 20.8 Å². The Morgan fingerprint density at radius 3 is 2.33 bits per heavy atom. The van der Waals surface area contributed by atoms with E-state index in [0.717, 1.165) is 4.60 Å². The summed E-state index contributed by atoms with van der Waals surface area (Å²) in [7, 11) is 0. The maximum atomic E-state index is 4.58. The van der Waals surface area contributed by atoms with Gasteiger partial charge in [0.15, 0.2) is 0 Å². The van der Waals surface area contributed by atoms with Crippen LogP contribution in [0.1, 0.15) is 50.8 Å². The molecule has 1 aliphatic carbocycles. The highest BCUT2D eigenvalue weighted by Gasteiger charge is 2.30. The van der Waals surface area contributed by atoms with Gasteiger partial charge in [-0.05, 0) is 61.7 Å². The minimum absolute atomic E-state index is 0.161. The van der Waals surface area contributed by atoms with E-state index in [1.807, 2.05) is 0 Å². The van der Waals surface area contributed by atoms with E-state index in [1.165, 1.54) is 28.6 Å². The Morgan fingerprint density at radius 2 is 1.87 bits per heavy atom. The molecule has 0 N–H and O–H groups in total. The zero-order valence-electron chi connectivity index (χ0n) is 9.27. The Bertz CT molecular complexity index is 389. The van der Waals surface area contributed by atoms with Crippen LogP contribution in [-0.4, -0.2) is 4.98 Å². The van der Waals surface area contributed by atoms with E-state index >= 15 is 0 Å². The summed E-state index contributed by atoms with van der Waals surface area (Å²) in [5.74, 6) is 0.679. The summed E-state index contributed by atoms with van der Waals surface area (Å²) in [6, 6.07) is 2.12. The summed E-state index contributed by atoms with van der Waals surface area (Å²) < 4.78 is 2.17. The summed E-state index contributed by atoms with van der Waals surface area (Å²) in [5, 5.41) is 0. The molecule has 1 aromatic rings. The zero-order chi connectivity index (χ0) is 11.2. The van der Waals surface area contributed by atoms with Crippen LogP contribution in [0.3, 0.4) is 0 Å². The van der Waals surface area contributed by atoms with Gasteiger partial charge >= 0.3 is 0 Å². The average molecular weight is 333 g/mol. The SMILES string of the molecule is CC(C)(C)c1cc(Br)nc(C2CC2)c1Br. The van der Waals surface area contributed by atoms with E-state index < -0.39 is 0 Å². The third-order valence-electron chi connectivity index (χ3n) is 2.72. The molecule has 82 valence electrons. The van der Waals surface area contributed by atoms with Crippen molar-refractivity contribution in [3.63, 3.8) is 0 Å². The van der Waals surface area contributed by atoms with Crippen molar-refractivity contribution < 1.29 is 0 Å². The number of hydrogen-bond donors (Lipinski definition) is 0. The Balaban J connectivity index is 2.54. The van der Waals surface area contributed by atoms with E-state index in [4.69, 9.17) is 0 Å². The van der Waals surface area contributed by atoms with Gasteiger partial charge in [0, 0.05) is 10.4 Å². The average Bonchev–Trinajstić information content (AvgIpc) is 2.89. The molecular formula is C12H15Br2N. The van der Waals surface area contributed by atoms with Crippen LogP contribution in [-0.2, 0) is 5.41 Å². The molecule has 0 unspecified atom stereocenters. The fraction of sp³-hybridized carbons (Fsp3) is 0.583. The first-order chi connectivity index (χ1) is 6.89. The summed E-state index contributed by atoms with van der Waals surface area (Å²) >= 11 is 7.21. The molecule has 0 amide bonds. The largest absolute Gasteiger partial charge is 0.244 e. The van der Waals surface area contributed by atoms with Crippen molar-refractivity contribution in [3.8, 4) is 0 Å². The van der Waals surface area contributed by atoms with Crippen molar-refractivity contribution >= 4 is 31.9 Å². The molecule has 1 heterocycles. The summed E-state index contributed by atoms with van der Waals surface area (Å²) in [5.41, 5.74) is 2.73. The smallest absolute Gasteiger partial charge is 0.106 e. The third kappa shape index (κ3) is 2.44. The van der Waals surface area contributed by atoms with Gasteiger partial charge in [0.05, 0.1) is 5.69 Å². The second-order valence-corrected chi connectivity index (χ2v) is 6.82. The second kappa shape index (κ2) is 3.85. The number of hydrogen-bond acceptors (Lipinski definition) is 1. The lowest BCUT2D eigenvalue weighted by atomic mass is 9.87. The molecule has 0 saturated heterocycles. The van der Waals surface area contributed by atoms with Crippen LogP contribution in [0.5, 0.6) is 0 Å². The minimum Gasteiger partial charge on any atom is -0.244 e. The van der Waals surface area contributed by atoms with Gasteiger partial charge in [-0.3, -0.25) is 0 Å². The van der Waals surface area contributed by atoms with Crippen LogP contribution in [0, 0.1) is 0 Å². The van der Waals surface area contributed by atoms with Crippen molar-refractivity contribution in [1.29, 1.82) is 0 Å². The highest BCUT2D eigenvalue weighted by atomic mass is 79.9. The molecule has 0 spiro atoms. The maximum Gasteiger partial charge on any atom is 0.106 e. The molecule has 15 heavy (non-hydrogen) atoms. The van der Waals surface area contributed by atoms with Crippen molar-refractivity contribution in [2.45, 2.75) is 44.9 Å². The number of rotatable bonds is 1. The zero-order valence-corrected chi connectivity index (χ0v) is 12.4. The number of pyridine rings is 1. The highest BCUT2D eigenvalue weighted by molar-refractivity contribution is 9.11. The fourth-order valence-electron chi connectivity index (χ4n) is 1.69. The van der Waals surface area contributed by atoms with Gasteiger partial charge in [0.1, 0.15) is 4.60 Å². The summed E-state index contributed by atoms with van der Waals surface area (Å²) in [6.07, 6.45) is 2.57. The molecule has 1 aliphatic rings. The van der Waals surface area contributed by atoms with Gasteiger partial charge in [-0.2, -0.15) is 0 Å². The molecule has 2 rings (SSSR count). The van der Waals surface area contributed by atoms with E-state index in [-0.39, 0.29) is 5.41 Å². The quantitative estimate of drug-likeness (QED) is 0.674. The van der Waals surface area contributed by atoms with Crippen LogP contribution < -0.4 is 0 Å². The molecule has 1 fully saturated rings. The van der Waals surface area contributed by atoms with Gasteiger partial charge in [-0.25, -0.2) is 4.98 Å². The molecule has 0 aliphatic heterocycles. The predicted molar refractivity (Wildman–Crippen MR) is 70.3 cm³/mol. The second-order valence-electron chi connectivity index (χ2n) is 5.22. The van der Waals surface area contributed by atoms with Crippen molar-refractivity contribution in [3.05, 3.63) is 26.4 Å². The van der Waals surface area contributed by atoms with Crippen LogP contribution in [0.15, 0.2) is 15.1 Å². The van der Waals surface area contributed by atoms with Crippen LogP contribution >= 0.6 is 31.9 Å². The van der Waals surface area contributed by atoms with Crippen molar-refractivity contribution in [1.82, 2.24) is 4.98 Å². The number of nitrogens with zero attached hydrogens (tertiary/aromatic N) is 1. The van der Waals surface area contributed by atoms with Crippen LogP contribution in [0.2, 0.25) is 0 Å². The van der Waals surface area contributed by atoms with Crippen LogP contribution in [0.25, 0.3) is 0 Å². The molecule has 0 bridgehead atoms. The number of aromatic nitrogens is 1. The van der Waals surface area contributed by atoms with Gasteiger partial charge in [-0.15, -0.1) is 0 Å². The normalized spacial score (nSPS) is 16.9. The maximum absolute atomic E-state index is 4.58. The predicted octanol–water partition coefficient (Wildman–Crippen LogP) is 4.78. The Kier molecular flexibility index (Phi) is 2.97. The van der Waals surface area contributed by atoms with E-state index in [2.05, 4.69) is 63.7 Å². The molecule has 0 aromatic carbocycles. The standard InChI is InChI=1S/C12H15Br2N/c1-12(2,3)8-6-9(13)15-11(10(8)14)7-4-5-7/h6-7H,4-5H2,1-3H3. The topological polar surface area (TPSA) is 12.9 Å². The Hall–Kier alpha value is 0.110. The molecule has 1 aromatic heterocycles. The van der Waals surface area contributed by atoms with Crippen molar-refractivity contribution in [2.24, 2.45) is 0 Å². The fourth-order valence-corrected chi connectivity index (χ4v) is 3.23. The molecule has 3 heteroatoms. The Morgan fingerprint density at radius 1 is 1.27 bits per heavy atom. The minimum atomic E-state index is 0.161. The molecule has 1 nitrogen and oxygen atoms in total. The van der Waals surface area contributed by atoms with E-state index in [1.54, 1.807) is 0 Å². The van der Waals surface area contributed by atoms with E-state index in [0.29, 0.717) is 5.92 Å². The Labute approximate surface area is 108 Å². The van der Waals surface area contributed by atoms with Crippen LogP contribution in [0.4, 0.5) is 0 Å². The third-order valence-corrected chi connectivity index (χ3v) is 3.96. The molecule has 1 saturated carbocycles. The molecule has 0 atom stereocenters. The molecule has 0 radical (unpaired) electrons. The first-order valence-electron chi connectivity index (χ1n) is 5.26. The molecular weight excluding hydrogens is 318 g/mol. The highest BCUT2D eigenvalue weighted by Crippen LogP contribution is 2.45. The van der Waals surface area contributed by atoms with Crippen molar-refractivity contribution in [2.75, 3.05) is 0 Å². The lowest BCUT2D eigenvalue weighted by Crippen LogP contribution is -2.13. The number of halogens is 2. The lowest BCUT2D eigenvalue weighted by Gasteiger charge is -2.22. The first-order valence-corrected chi connectivity index (χ1v) is 6.84. The summed E-state index contributed by atoms with van der Waals surface area (Å²) in [6.45, 7) is 6.70. The van der Waals surface area contributed by atoms with Gasteiger partial charge in [0.25, 0.3) is 0 Å². The first kappa shape index (κ1) is 11.6. The van der Waals surface area contributed by atoms with Gasteiger partial charge < -0.3 is 0 Å². The monoisotopic (exact) mass is 331 g/mol.